The van der Waals surface area contributed by atoms with Crippen LogP contribution in [0.2, 0.25) is 0 Å². The molecule has 0 saturated carbocycles. The lowest BCUT2D eigenvalue weighted by Gasteiger charge is -1.98. The van der Waals surface area contributed by atoms with Gasteiger partial charge in [-0.1, -0.05) is 29.8 Å². The molecule has 14 heavy (non-hydrogen) atoms. The maximum Gasteiger partial charge on any atom is 0.162 e. The molecule has 0 bridgehead atoms. The average molecular weight is 200 g/mol. The molecule has 68 valence electrons. The van der Waals surface area contributed by atoms with Gasteiger partial charge in [0, 0.05) is 10.9 Å². The molecule has 0 amide bonds. The number of hydrogen-bond donors (Lipinski definition) is 0. The first-order chi connectivity index (χ1) is 6.81. The van der Waals surface area contributed by atoms with E-state index in [1.807, 2.05) is 36.6 Å². The summed E-state index contributed by atoms with van der Waals surface area (Å²) in [6, 6.07) is 10.2. The Balaban J connectivity index is 2.50. The summed E-state index contributed by atoms with van der Waals surface area (Å²) in [6.07, 6.45) is 0. The molecule has 0 spiro atoms. The Labute approximate surface area is 86.6 Å². The molecule has 0 atom stereocenters. The van der Waals surface area contributed by atoms with Gasteiger partial charge in [0.15, 0.2) is 5.69 Å². The van der Waals surface area contributed by atoms with Crippen molar-refractivity contribution in [1.82, 2.24) is 4.37 Å². The van der Waals surface area contributed by atoms with Crippen LogP contribution in [0.15, 0.2) is 29.6 Å². The average Bonchev–Trinajstić information content (AvgIpc) is 2.67. The molecular weight excluding hydrogens is 192 g/mol. The summed E-state index contributed by atoms with van der Waals surface area (Å²) in [5.41, 5.74) is 3.72. The highest BCUT2D eigenvalue weighted by Gasteiger charge is 2.06. The van der Waals surface area contributed by atoms with Gasteiger partial charge in [-0.05, 0) is 24.0 Å². The van der Waals surface area contributed by atoms with E-state index in [1.165, 1.54) is 17.1 Å². The van der Waals surface area contributed by atoms with Crippen molar-refractivity contribution >= 4 is 11.5 Å². The molecule has 0 saturated heterocycles. The largest absolute Gasteiger partial charge is 0.191 e. The van der Waals surface area contributed by atoms with Crippen LogP contribution in [0.25, 0.3) is 11.1 Å². The molecule has 3 heteroatoms. The number of hydrogen-bond acceptors (Lipinski definition) is 3. The molecule has 0 radical (unpaired) electrons. The third-order valence-corrected chi connectivity index (χ3v) is 2.67. The van der Waals surface area contributed by atoms with Crippen LogP contribution in [0.1, 0.15) is 11.3 Å². The van der Waals surface area contributed by atoms with Gasteiger partial charge < -0.3 is 0 Å². The van der Waals surface area contributed by atoms with Crippen LogP contribution >= 0.6 is 11.5 Å². The minimum Gasteiger partial charge on any atom is -0.191 e. The van der Waals surface area contributed by atoms with Gasteiger partial charge in [-0.25, -0.2) is 0 Å². The van der Waals surface area contributed by atoms with E-state index < -0.39 is 0 Å². The van der Waals surface area contributed by atoms with Gasteiger partial charge in [-0.15, -0.1) is 0 Å². The van der Waals surface area contributed by atoms with E-state index in [0.29, 0.717) is 5.69 Å². The molecule has 0 N–H and O–H groups in total. The fraction of sp³-hybridized carbons (Fsp3) is 0.0909. The van der Waals surface area contributed by atoms with Crippen LogP contribution in [-0.2, 0) is 0 Å². The number of nitriles is 1. The quantitative estimate of drug-likeness (QED) is 0.709. The molecule has 1 aromatic carbocycles. The third kappa shape index (κ3) is 1.52. The van der Waals surface area contributed by atoms with E-state index in [-0.39, 0.29) is 0 Å². The lowest BCUT2D eigenvalue weighted by atomic mass is 10.1. The summed E-state index contributed by atoms with van der Waals surface area (Å²) in [7, 11) is 0. The standard InChI is InChI=1S/C11H8N2S/c1-8-2-4-9(5-3-8)10-7-14-13-11(10)6-12/h2-5,7H,1H3. The zero-order valence-electron chi connectivity index (χ0n) is 7.69. The summed E-state index contributed by atoms with van der Waals surface area (Å²) in [5, 5.41) is 10.7. The number of aryl methyl sites for hydroxylation is 1. The highest BCUT2D eigenvalue weighted by molar-refractivity contribution is 7.04. The summed E-state index contributed by atoms with van der Waals surface area (Å²) >= 11 is 1.32. The van der Waals surface area contributed by atoms with Crippen molar-refractivity contribution in [3.63, 3.8) is 0 Å². The van der Waals surface area contributed by atoms with Crippen LogP contribution in [0, 0.1) is 18.3 Å². The first kappa shape index (κ1) is 8.92. The molecule has 0 aliphatic heterocycles. The highest BCUT2D eigenvalue weighted by Crippen LogP contribution is 2.24. The zero-order chi connectivity index (χ0) is 9.97. The van der Waals surface area contributed by atoms with Gasteiger partial charge in [0.2, 0.25) is 0 Å². The SMILES string of the molecule is Cc1ccc(-c2csnc2C#N)cc1. The Morgan fingerprint density at radius 2 is 2.00 bits per heavy atom. The van der Waals surface area contributed by atoms with E-state index in [2.05, 4.69) is 10.4 Å². The lowest BCUT2D eigenvalue weighted by Crippen LogP contribution is -1.80. The minimum atomic E-state index is 0.513. The minimum absolute atomic E-state index is 0.513. The van der Waals surface area contributed by atoms with Crippen molar-refractivity contribution in [2.75, 3.05) is 0 Å². The molecule has 1 aromatic heterocycles. The van der Waals surface area contributed by atoms with Crippen molar-refractivity contribution in [3.8, 4) is 17.2 Å². The topological polar surface area (TPSA) is 36.7 Å². The molecule has 2 nitrogen and oxygen atoms in total. The lowest BCUT2D eigenvalue weighted by molar-refractivity contribution is 1.40. The van der Waals surface area contributed by atoms with Crippen LogP contribution in [0.4, 0.5) is 0 Å². The molecule has 2 rings (SSSR count). The van der Waals surface area contributed by atoms with Gasteiger partial charge in [0.1, 0.15) is 6.07 Å². The third-order valence-electron chi connectivity index (χ3n) is 2.04. The molecular formula is C11H8N2S. The Bertz CT molecular complexity index is 477. The Hall–Kier alpha value is -1.66. The summed E-state index contributed by atoms with van der Waals surface area (Å²) in [4.78, 5) is 0. The van der Waals surface area contributed by atoms with Gasteiger partial charge in [-0.3, -0.25) is 0 Å². The van der Waals surface area contributed by atoms with Crippen molar-refractivity contribution in [3.05, 3.63) is 40.9 Å². The summed E-state index contributed by atoms with van der Waals surface area (Å²) < 4.78 is 4.01. The maximum absolute atomic E-state index is 8.82. The van der Waals surface area contributed by atoms with E-state index in [9.17, 15) is 0 Å². The van der Waals surface area contributed by atoms with Gasteiger partial charge in [0.05, 0.1) is 0 Å². The molecule has 0 fully saturated rings. The van der Waals surface area contributed by atoms with Gasteiger partial charge in [0.25, 0.3) is 0 Å². The maximum atomic E-state index is 8.82. The monoisotopic (exact) mass is 200 g/mol. The molecule has 1 heterocycles. The number of nitrogens with zero attached hydrogens (tertiary/aromatic N) is 2. The normalized spacial score (nSPS) is 9.71. The van der Waals surface area contributed by atoms with Crippen LogP contribution < -0.4 is 0 Å². The van der Waals surface area contributed by atoms with E-state index in [0.717, 1.165) is 11.1 Å². The van der Waals surface area contributed by atoms with Crippen molar-refractivity contribution in [2.24, 2.45) is 0 Å². The summed E-state index contributed by atoms with van der Waals surface area (Å²) in [5.74, 6) is 0. The van der Waals surface area contributed by atoms with E-state index in [4.69, 9.17) is 5.26 Å². The van der Waals surface area contributed by atoms with E-state index in [1.54, 1.807) is 0 Å². The second-order valence-electron chi connectivity index (χ2n) is 3.05. The molecule has 2 aromatic rings. The number of rotatable bonds is 1. The number of aromatic nitrogens is 1. The highest BCUT2D eigenvalue weighted by atomic mass is 32.1. The predicted molar refractivity (Wildman–Crippen MR) is 57.0 cm³/mol. The second-order valence-corrected chi connectivity index (χ2v) is 3.68. The zero-order valence-corrected chi connectivity index (χ0v) is 8.51. The molecule has 0 unspecified atom stereocenters. The predicted octanol–water partition coefficient (Wildman–Crippen LogP) is 2.99. The fourth-order valence-electron chi connectivity index (χ4n) is 1.26. The summed E-state index contributed by atoms with van der Waals surface area (Å²) in [6.45, 7) is 2.04. The molecule has 0 aliphatic carbocycles. The van der Waals surface area contributed by atoms with Crippen molar-refractivity contribution < 1.29 is 0 Å². The van der Waals surface area contributed by atoms with Crippen LogP contribution in [-0.4, -0.2) is 4.37 Å². The van der Waals surface area contributed by atoms with E-state index >= 15 is 0 Å². The van der Waals surface area contributed by atoms with Crippen molar-refractivity contribution in [2.45, 2.75) is 6.92 Å². The fourth-order valence-corrected chi connectivity index (χ4v) is 1.91. The van der Waals surface area contributed by atoms with Gasteiger partial charge in [-0.2, -0.15) is 9.64 Å². The molecule has 0 aliphatic rings. The van der Waals surface area contributed by atoms with Crippen molar-refractivity contribution in [1.29, 1.82) is 5.26 Å². The first-order valence-electron chi connectivity index (χ1n) is 4.23. The Morgan fingerprint density at radius 1 is 1.29 bits per heavy atom. The first-order valence-corrected chi connectivity index (χ1v) is 5.06. The Morgan fingerprint density at radius 3 is 2.64 bits per heavy atom. The Kier molecular flexibility index (Phi) is 2.30. The second kappa shape index (κ2) is 3.60. The van der Waals surface area contributed by atoms with Gasteiger partial charge >= 0.3 is 0 Å². The van der Waals surface area contributed by atoms with Crippen LogP contribution in [0.5, 0.6) is 0 Å². The number of benzene rings is 1. The smallest absolute Gasteiger partial charge is 0.162 e. The van der Waals surface area contributed by atoms with Crippen LogP contribution in [0.3, 0.4) is 0 Å².